The zero-order valence-electron chi connectivity index (χ0n) is 45.4. The molecule has 0 bridgehead atoms. The first-order chi connectivity index (χ1) is 33.0. The average Bonchev–Trinajstić information content (AvgIpc) is 3.33. The summed E-state index contributed by atoms with van der Waals surface area (Å²) in [7, 11) is 0. The van der Waals surface area contributed by atoms with Crippen LogP contribution in [0.3, 0.4) is 0 Å². The largest absolute Gasteiger partial charge is 0.466 e. The van der Waals surface area contributed by atoms with Gasteiger partial charge in [-0.15, -0.1) is 0 Å². The fraction of sp³-hybridized carbons (Fsp3) is 0.934. The Morgan fingerprint density at radius 1 is 0.403 bits per heavy atom. The topological polar surface area (TPSA) is 95.9 Å². The van der Waals surface area contributed by atoms with Gasteiger partial charge in [-0.1, -0.05) is 309 Å². The lowest BCUT2D eigenvalue weighted by atomic mass is 10.0. The molecule has 1 amide bonds. The highest BCUT2D eigenvalue weighted by molar-refractivity contribution is 5.76. The first kappa shape index (κ1) is 65.6. The minimum absolute atomic E-state index is 0.0201. The summed E-state index contributed by atoms with van der Waals surface area (Å²) >= 11 is 0. The molecule has 0 aliphatic carbocycles. The van der Waals surface area contributed by atoms with E-state index in [4.69, 9.17) is 4.74 Å². The molecule has 0 saturated carbocycles. The molecule has 0 rings (SSSR count). The number of esters is 1. The van der Waals surface area contributed by atoms with Crippen molar-refractivity contribution in [2.45, 2.75) is 353 Å². The van der Waals surface area contributed by atoms with Gasteiger partial charge in [0.1, 0.15) is 0 Å². The Kier molecular flexibility index (Phi) is 56.0. The maximum atomic E-state index is 12.4. The van der Waals surface area contributed by atoms with Crippen LogP contribution < -0.4 is 5.32 Å². The Morgan fingerprint density at radius 3 is 1.01 bits per heavy atom. The summed E-state index contributed by atoms with van der Waals surface area (Å²) in [6.07, 6.45) is 68.4. The molecule has 0 spiro atoms. The normalized spacial score (nSPS) is 12.6. The number of allylic oxidation sites excluding steroid dienone is 1. The van der Waals surface area contributed by atoms with Gasteiger partial charge in [-0.2, -0.15) is 0 Å². The lowest BCUT2D eigenvalue weighted by Crippen LogP contribution is -2.45. The molecule has 0 radical (unpaired) electrons. The monoisotopic (exact) mass is 946 g/mol. The highest BCUT2D eigenvalue weighted by atomic mass is 16.5. The highest BCUT2D eigenvalue weighted by Gasteiger charge is 2.18. The highest BCUT2D eigenvalue weighted by Crippen LogP contribution is 2.18. The Hall–Kier alpha value is -1.40. The third-order valence-corrected chi connectivity index (χ3v) is 14.3. The number of carbonyl (C=O) groups excluding carboxylic acids is 2. The van der Waals surface area contributed by atoms with Gasteiger partial charge in [0.05, 0.1) is 25.4 Å². The lowest BCUT2D eigenvalue weighted by molar-refractivity contribution is -0.143. The minimum atomic E-state index is -0.839. The number of unbranched alkanes of at least 4 members (excludes halogenated alkanes) is 46. The number of ether oxygens (including phenoxy) is 1. The van der Waals surface area contributed by atoms with E-state index in [0.29, 0.717) is 19.4 Å². The van der Waals surface area contributed by atoms with Crippen LogP contribution in [0.25, 0.3) is 0 Å². The Balaban J connectivity index is 3.31. The molecule has 0 aromatic carbocycles. The second kappa shape index (κ2) is 57.2. The van der Waals surface area contributed by atoms with E-state index < -0.39 is 12.1 Å². The van der Waals surface area contributed by atoms with Crippen molar-refractivity contribution in [2.75, 3.05) is 13.2 Å². The van der Waals surface area contributed by atoms with Gasteiger partial charge in [0, 0.05) is 12.8 Å². The summed E-state index contributed by atoms with van der Waals surface area (Å²) in [5.74, 6) is -0.0471. The lowest BCUT2D eigenvalue weighted by Gasteiger charge is -2.20. The molecule has 0 saturated heterocycles. The zero-order chi connectivity index (χ0) is 48.6. The summed E-state index contributed by atoms with van der Waals surface area (Å²) in [5.41, 5.74) is 0. The summed E-state index contributed by atoms with van der Waals surface area (Å²) in [4.78, 5) is 24.4. The van der Waals surface area contributed by atoms with Crippen molar-refractivity contribution in [2.24, 2.45) is 0 Å². The molecular formula is C61H119NO5. The molecule has 0 aromatic rings. The number of hydrogen-bond donors (Lipinski definition) is 3. The molecule has 2 atom stereocenters. The van der Waals surface area contributed by atoms with E-state index in [0.717, 1.165) is 38.5 Å². The van der Waals surface area contributed by atoms with E-state index in [1.165, 1.54) is 276 Å². The van der Waals surface area contributed by atoms with Gasteiger partial charge >= 0.3 is 5.97 Å². The van der Waals surface area contributed by atoms with Gasteiger partial charge in [0.15, 0.2) is 0 Å². The summed E-state index contributed by atoms with van der Waals surface area (Å²) < 4.78 is 5.49. The number of nitrogens with one attached hydrogen (secondary N) is 1. The number of carbonyl (C=O) groups is 2. The van der Waals surface area contributed by atoms with Crippen molar-refractivity contribution in [1.82, 2.24) is 5.32 Å². The maximum absolute atomic E-state index is 12.4. The van der Waals surface area contributed by atoms with Crippen LogP contribution >= 0.6 is 0 Å². The number of hydrogen-bond acceptors (Lipinski definition) is 5. The molecule has 3 N–H and O–H groups in total. The molecular weight excluding hydrogens is 827 g/mol. The first-order valence-corrected chi connectivity index (χ1v) is 30.5. The van der Waals surface area contributed by atoms with Crippen LogP contribution in [0.15, 0.2) is 12.2 Å². The van der Waals surface area contributed by atoms with E-state index >= 15 is 0 Å². The van der Waals surface area contributed by atoms with Gasteiger partial charge in [0.25, 0.3) is 0 Å². The minimum Gasteiger partial charge on any atom is -0.466 e. The fourth-order valence-corrected chi connectivity index (χ4v) is 9.64. The third kappa shape index (κ3) is 53.8. The number of aliphatic hydroxyl groups is 2. The van der Waals surface area contributed by atoms with E-state index in [2.05, 4.69) is 19.2 Å². The standard InChI is InChI=1S/C61H119NO5/c1-3-5-7-9-11-13-14-15-28-32-35-39-43-47-51-55-61(66)67-56-52-48-44-40-36-33-30-27-25-23-21-19-17-16-18-20-22-24-26-29-31-34-38-42-46-50-54-60(65)62-58(57-63)59(64)53-49-45-41-37-12-10-8-6-4-2/h49,53,58-59,63-64H,3-48,50-52,54-57H2,1-2H3,(H,62,65)/b53-49+. The molecule has 0 aliphatic heterocycles. The molecule has 67 heavy (non-hydrogen) atoms. The Bertz CT molecular complexity index is 1000. The second-order valence-electron chi connectivity index (χ2n) is 21.0. The van der Waals surface area contributed by atoms with Crippen LogP contribution in [0, 0.1) is 0 Å². The zero-order valence-corrected chi connectivity index (χ0v) is 45.4. The number of amides is 1. The van der Waals surface area contributed by atoms with Gasteiger partial charge < -0.3 is 20.3 Å². The van der Waals surface area contributed by atoms with Crippen molar-refractivity contribution in [3.8, 4) is 0 Å². The van der Waals surface area contributed by atoms with Gasteiger partial charge in [0.2, 0.25) is 5.91 Å². The summed E-state index contributed by atoms with van der Waals surface area (Å²) in [6.45, 7) is 4.90. The van der Waals surface area contributed by atoms with Crippen LogP contribution in [0.5, 0.6) is 0 Å². The molecule has 0 aliphatic rings. The summed E-state index contributed by atoms with van der Waals surface area (Å²) in [6, 6.07) is -0.623. The molecule has 0 aromatic heterocycles. The molecule has 0 fully saturated rings. The average molecular weight is 947 g/mol. The van der Waals surface area contributed by atoms with Crippen LogP contribution in [0.4, 0.5) is 0 Å². The van der Waals surface area contributed by atoms with Crippen molar-refractivity contribution >= 4 is 11.9 Å². The number of aliphatic hydroxyl groups excluding tert-OH is 2. The SMILES string of the molecule is CCCCCCCCC/C=C/C(O)C(CO)NC(=O)CCCCCCCCCCCCCCCCCCCCCCCCCCCCOC(=O)CCCCCCCCCCCCCCCCC. The van der Waals surface area contributed by atoms with Crippen LogP contribution in [0.2, 0.25) is 0 Å². The van der Waals surface area contributed by atoms with Crippen molar-refractivity contribution < 1.29 is 24.5 Å². The second-order valence-corrected chi connectivity index (χ2v) is 21.0. The predicted octanol–water partition coefficient (Wildman–Crippen LogP) is 18.9. The van der Waals surface area contributed by atoms with Gasteiger partial charge in [-0.25, -0.2) is 0 Å². The first-order valence-electron chi connectivity index (χ1n) is 30.5. The number of rotatable bonds is 57. The molecule has 2 unspecified atom stereocenters. The summed E-state index contributed by atoms with van der Waals surface area (Å²) in [5, 5.41) is 22.9. The smallest absolute Gasteiger partial charge is 0.305 e. The Morgan fingerprint density at radius 2 is 0.687 bits per heavy atom. The van der Waals surface area contributed by atoms with Crippen molar-refractivity contribution in [1.29, 1.82) is 0 Å². The molecule has 398 valence electrons. The van der Waals surface area contributed by atoms with E-state index in [1.54, 1.807) is 6.08 Å². The molecule has 6 nitrogen and oxygen atoms in total. The molecule has 0 heterocycles. The maximum Gasteiger partial charge on any atom is 0.305 e. The van der Waals surface area contributed by atoms with E-state index in [9.17, 15) is 19.8 Å². The van der Waals surface area contributed by atoms with Crippen LogP contribution in [-0.4, -0.2) is 47.4 Å². The third-order valence-electron chi connectivity index (χ3n) is 14.3. The predicted molar refractivity (Wildman–Crippen MR) is 292 cm³/mol. The fourth-order valence-electron chi connectivity index (χ4n) is 9.64. The van der Waals surface area contributed by atoms with Crippen molar-refractivity contribution in [3.63, 3.8) is 0 Å². The van der Waals surface area contributed by atoms with Gasteiger partial charge in [-0.05, 0) is 32.1 Å². The quantitative estimate of drug-likeness (QED) is 0.0321. The Labute approximate surface area is 419 Å². The van der Waals surface area contributed by atoms with Gasteiger partial charge in [-0.3, -0.25) is 9.59 Å². The van der Waals surface area contributed by atoms with E-state index in [-0.39, 0.29) is 18.5 Å². The van der Waals surface area contributed by atoms with Crippen LogP contribution in [-0.2, 0) is 14.3 Å². The van der Waals surface area contributed by atoms with E-state index in [1.807, 2.05) is 6.08 Å². The molecule has 6 heteroatoms. The van der Waals surface area contributed by atoms with Crippen LogP contribution in [0.1, 0.15) is 341 Å². The van der Waals surface area contributed by atoms with Crippen molar-refractivity contribution in [3.05, 3.63) is 12.2 Å².